The molecule has 0 saturated carbocycles. The molecule has 6 heteroatoms. The first-order valence-corrected chi connectivity index (χ1v) is 6.48. The van der Waals surface area contributed by atoms with Gasteiger partial charge in [0.15, 0.2) is 0 Å². The molecule has 1 aliphatic rings. The van der Waals surface area contributed by atoms with Crippen LogP contribution in [0.15, 0.2) is 39.2 Å². The smallest absolute Gasteiger partial charge is 0.211 e. The fourth-order valence-electron chi connectivity index (χ4n) is 1.49. The summed E-state index contributed by atoms with van der Waals surface area (Å²) in [6.07, 6.45) is 7.92. The molecule has 0 aromatic rings. The van der Waals surface area contributed by atoms with E-state index in [-0.39, 0.29) is 0 Å². The average molecular weight is 308 g/mol. The van der Waals surface area contributed by atoms with Gasteiger partial charge in [-0.25, -0.2) is 4.99 Å². The first-order valence-electron chi connectivity index (χ1n) is 5.69. The summed E-state index contributed by atoms with van der Waals surface area (Å²) in [6, 6.07) is 0. The molecular formula is C12H15BBrN3O. The zero-order valence-electron chi connectivity index (χ0n) is 10.2. The summed E-state index contributed by atoms with van der Waals surface area (Å²) in [7, 11) is 5.69. The monoisotopic (exact) mass is 307 g/mol. The molecule has 1 heterocycles. The van der Waals surface area contributed by atoms with Crippen molar-refractivity contribution in [1.29, 1.82) is 0 Å². The predicted octanol–water partition coefficient (Wildman–Crippen LogP) is 2.13. The second-order valence-corrected chi connectivity index (χ2v) is 4.50. The van der Waals surface area contributed by atoms with Crippen LogP contribution in [0.25, 0.3) is 0 Å². The van der Waals surface area contributed by atoms with Crippen molar-refractivity contribution in [3.05, 3.63) is 34.2 Å². The van der Waals surface area contributed by atoms with Crippen molar-refractivity contribution < 1.29 is 4.79 Å². The highest BCUT2D eigenvalue weighted by Gasteiger charge is 2.06. The maximum atomic E-state index is 10.5. The molecule has 1 rings (SSSR count). The van der Waals surface area contributed by atoms with Gasteiger partial charge >= 0.3 is 0 Å². The van der Waals surface area contributed by atoms with Crippen LogP contribution in [0.1, 0.15) is 19.8 Å². The molecule has 0 atom stereocenters. The largest absolute Gasteiger partial charge is 0.346 e. The summed E-state index contributed by atoms with van der Waals surface area (Å²) >= 11 is 3.39. The highest BCUT2D eigenvalue weighted by molar-refractivity contribution is 9.11. The quantitative estimate of drug-likeness (QED) is 0.604. The number of nitrogens with one attached hydrogen (secondary N) is 2. The highest BCUT2D eigenvalue weighted by atomic mass is 79.9. The van der Waals surface area contributed by atoms with E-state index in [0.29, 0.717) is 25.6 Å². The number of amides is 1. The first kappa shape index (κ1) is 14.8. The van der Waals surface area contributed by atoms with E-state index in [1.165, 1.54) is 0 Å². The Balaban J connectivity index is 2.83. The van der Waals surface area contributed by atoms with Crippen LogP contribution in [-0.2, 0) is 4.79 Å². The molecule has 0 fully saturated rings. The summed E-state index contributed by atoms with van der Waals surface area (Å²) < 4.78 is 0.989. The van der Waals surface area contributed by atoms with Gasteiger partial charge in [0.2, 0.25) is 6.41 Å². The molecule has 1 amide bonds. The molecule has 0 aliphatic carbocycles. The van der Waals surface area contributed by atoms with E-state index in [1.807, 2.05) is 19.1 Å². The summed E-state index contributed by atoms with van der Waals surface area (Å²) in [5.74, 6) is 0.791. The zero-order valence-corrected chi connectivity index (χ0v) is 11.8. The van der Waals surface area contributed by atoms with Crippen molar-refractivity contribution >= 4 is 36.0 Å². The van der Waals surface area contributed by atoms with Crippen LogP contribution in [-0.4, -0.2) is 20.1 Å². The summed E-state index contributed by atoms with van der Waals surface area (Å²) in [5, 5.41) is 5.82. The molecule has 2 radical (unpaired) electrons. The minimum Gasteiger partial charge on any atom is -0.346 e. The van der Waals surface area contributed by atoms with Gasteiger partial charge in [0.1, 0.15) is 5.84 Å². The lowest BCUT2D eigenvalue weighted by molar-refractivity contribution is -0.109. The molecule has 0 unspecified atom stereocenters. The molecule has 18 heavy (non-hydrogen) atoms. The highest BCUT2D eigenvalue weighted by Crippen LogP contribution is 2.13. The summed E-state index contributed by atoms with van der Waals surface area (Å²) in [6.45, 7) is 1.95. The van der Waals surface area contributed by atoms with Gasteiger partial charge in [-0.1, -0.05) is 28.9 Å². The van der Waals surface area contributed by atoms with E-state index in [9.17, 15) is 4.79 Å². The van der Waals surface area contributed by atoms with Gasteiger partial charge in [0.05, 0.1) is 7.85 Å². The van der Waals surface area contributed by atoms with Gasteiger partial charge in [0, 0.05) is 28.5 Å². The van der Waals surface area contributed by atoms with Crippen molar-refractivity contribution in [3.8, 4) is 0 Å². The number of carbonyl (C=O) groups is 1. The molecule has 1 aliphatic heterocycles. The van der Waals surface area contributed by atoms with Crippen LogP contribution in [0.5, 0.6) is 0 Å². The Kier molecular flexibility index (Phi) is 6.50. The first-order chi connectivity index (χ1) is 8.71. The molecule has 0 aromatic carbocycles. The molecule has 0 bridgehead atoms. The lowest BCUT2D eigenvalue weighted by atomic mass is 9.99. The maximum absolute atomic E-state index is 10.5. The zero-order chi connectivity index (χ0) is 13.4. The number of hydrogen-bond donors (Lipinski definition) is 2. The lowest BCUT2D eigenvalue weighted by Gasteiger charge is -2.15. The minimum atomic E-state index is 0.317. The van der Waals surface area contributed by atoms with Crippen LogP contribution >= 0.6 is 15.9 Å². The van der Waals surface area contributed by atoms with Crippen LogP contribution in [0.2, 0.25) is 6.32 Å². The van der Waals surface area contributed by atoms with Crippen molar-refractivity contribution in [1.82, 2.24) is 10.6 Å². The van der Waals surface area contributed by atoms with E-state index in [4.69, 9.17) is 7.85 Å². The van der Waals surface area contributed by atoms with E-state index >= 15 is 0 Å². The van der Waals surface area contributed by atoms with Crippen molar-refractivity contribution in [2.24, 2.45) is 4.99 Å². The Bertz CT molecular complexity index is 424. The third-order valence-electron chi connectivity index (χ3n) is 2.40. The van der Waals surface area contributed by atoms with Crippen LogP contribution in [0.4, 0.5) is 0 Å². The predicted molar refractivity (Wildman–Crippen MR) is 78.4 cm³/mol. The SMILES string of the molecule is [B]C/C(NC1=NC=CC(Br)=CC1)=C(\CC)NC=O. The van der Waals surface area contributed by atoms with Gasteiger partial charge in [-0.05, 0) is 18.8 Å². The molecule has 0 saturated heterocycles. The molecule has 2 N–H and O–H groups in total. The van der Waals surface area contributed by atoms with Gasteiger partial charge in [-0.2, -0.15) is 0 Å². The third kappa shape index (κ3) is 4.53. The number of halogens is 1. The second kappa shape index (κ2) is 7.92. The third-order valence-corrected chi connectivity index (χ3v) is 2.99. The number of hydrogen-bond acceptors (Lipinski definition) is 3. The fourth-order valence-corrected chi connectivity index (χ4v) is 1.77. The van der Waals surface area contributed by atoms with Gasteiger partial charge < -0.3 is 10.6 Å². The number of carbonyl (C=O) groups excluding carboxylic acids is 1. The standard InChI is InChI=1S/C12H15BBrN3O/c1-2-10(16-8-18)11(7-13)17-12-4-3-9(14)5-6-15-12/h3,5-6,8H,2,4,7H2,1H3,(H,15,17)(H,16,18)/b11-10-. The fraction of sp³-hybridized carbons (Fsp3) is 0.333. The van der Waals surface area contributed by atoms with Crippen LogP contribution in [0.3, 0.4) is 0 Å². The number of amidine groups is 1. The van der Waals surface area contributed by atoms with Gasteiger partial charge in [0.25, 0.3) is 0 Å². The molecule has 4 nitrogen and oxygen atoms in total. The van der Waals surface area contributed by atoms with Crippen molar-refractivity contribution in [3.63, 3.8) is 0 Å². The lowest BCUT2D eigenvalue weighted by Crippen LogP contribution is -2.26. The van der Waals surface area contributed by atoms with E-state index in [0.717, 1.165) is 21.7 Å². The topological polar surface area (TPSA) is 53.5 Å². The van der Waals surface area contributed by atoms with E-state index in [2.05, 4.69) is 31.6 Å². The van der Waals surface area contributed by atoms with E-state index < -0.39 is 0 Å². The Labute approximate surface area is 117 Å². The molecular weight excluding hydrogens is 293 g/mol. The molecule has 0 aromatic heterocycles. The minimum absolute atomic E-state index is 0.317. The van der Waals surface area contributed by atoms with Gasteiger partial charge in [-0.15, -0.1) is 0 Å². The summed E-state index contributed by atoms with van der Waals surface area (Å²) in [4.78, 5) is 14.8. The number of allylic oxidation sites excluding steroid dienone is 4. The van der Waals surface area contributed by atoms with Crippen LogP contribution in [0, 0.1) is 0 Å². The Morgan fingerprint density at radius 1 is 1.61 bits per heavy atom. The molecule has 94 valence electrons. The van der Waals surface area contributed by atoms with Crippen molar-refractivity contribution in [2.45, 2.75) is 26.1 Å². The van der Waals surface area contributed by atoms with E-state index in [1.54, 1.807) is 6.20 Å². The number of rotatable bonds is 5. The molecule has 0 spiro atoms. The maximum Gasteiger partial charge on any atom is 0.211 e. The Morgan fingerprint density at radius 2 is 2.39 bits per heavy atom. The second-order valence-electron chi connectivity index (χ2n) is 3.59. The van der Waals surface area contributed by atoms with Gasteiger partial charge in [-0.3, -0.25) is 4.79 Å². The number of nitrogens with zero attached hydrogens (tertiary/aromatic N) is 1. The van der Waals surface area contributed by atoms with Crippen LogP contribution < -0.4 is 10.6 Å². The normalized spacial score (nSPS) is 16.1. The Hall–Kier alpha value is -1.30. The Morgan fingerprint density at radius 3 is 3.00 bits per heavy atom. The summed E-state index contributed by atoms with van der Waals surface area (Å²) in [5.41, 5.74) is 1.56. The average Bonchev–Trinajstić information content (AvgIpc) is 2.58. The number of aliphatic imine (C=N–C) groups is 1. The van der Waals surface area contributed by atoms with Crippen molar-refractivity contribution in [2.75, 3.05) is 0 Å².